The number of piperazine rings is 1. The molecule has 0 spiro atoms. The van der Waals surface area contributed by atoms with Crippen LogP contribution in [0.1, 0.15) is 35.2 Å². The molecule has 41 heavy (non-hydrogen) atoms. The fourth-order valence-corrected chi connectivity index (χ4v) is 6.16. The summed E-state index contributed by atoms with van der Waals surface area (Å²) in [6.45, 7) is 1.12. The van der Waals surface area contributed by atoms with Crippen molar-refractivity contribution in [2.75, 3.05) is 54.4 Å². The van der Waals surface area contributed by atoms with Crippen LogP contribution in [-0.4, -0.2) is 72.7 Å². The number of carbonyl (C=O) groups is 2. The molecule has 2 aromatic rings. The predicted octanol–water partition coefficient (Wildman–Crippen LogP) is 4.79. The van der Waals surface area contributed by atoms with Crippen molar-refractivity contribution in [2.24, 2.45) is 5.73 Å². The number of carbonyl (C=O) groups excluding carboxylic acids is 2. The lowest BCUT2D eigenvalue weighted by atomic mass is 9.92. The highest BCUT2D eigenvalue weighted by Gasteiger charge is 2.35. The summed E-state index contributed by atoms with van der Waals surface area (Å²) in [5, 5.41) is 5.54. The first-order valence-electron chi connectivity index (χ1n) is 13.1. The molecule has 0 saturated carbocycles. The van der Waals surface area contributed by atoms with E-state index < -0.39 is 47.1 Å². The lowest BCUT2D eigenvalue weighted by Gasteiger charge is -2.37. The summed E-state index contributed by atoms with van der Waals surface area (Å²) in [6.07, 6.45) is -4.16. The Morgan fingerprint density at radius 2 is 1.71 bits per heavy atom. The van der Waals surface area contributed by atoms with Gasteiger partial charge in [-0.2, -0.15) is 24.9 Å². The van der Waals surface area contributed by atoms with Crippen molar-refractivity contribution in [3.63, 3.8) is 0 Å². The van der Waals surface area contributed by atoms with Crippen LogP contribution < -0.4 is 21.3 Å². The fourth-order valence-electron chi connectivity index (χ4n) is 4.77. The van der Waals surface area contributed by atoms with Gasteiger partial charge in [-0.1, -0.05) is 17.7 Å². The Hall–Kier alpha value is -2.61. The maximum absolute atomic E-state index is 15.0. The summed E-state index contributed by atoms with van der Waals surface area (Å²) in [7, 11) is 0. The number of amides is 2. The number of nitrogens with one attached hydrogen (secondary N) is 2. The summed E-state index contributed by atoms with van der Waals surface area (Å²) in [5.74, 6) is -2.47. The summed E-state index contributed by atoms with van der Waals surface area (Å²) < 4.78 is 67.6. The molecule has 2 aliphatic rings. The van der Waals surface area contributed by atoms with Gasteiger partial charge in [0.05, 0.1) is 28.9 Å². The monoisotopic (exact) mass is 619 g/mol. The number of hydrogen-bond donors (Lipinski definition) is 3. The highest BCUT2D eigenvalue weighted by atomic mass is 35.5. The second-order valence-corrected chi connectivity index (χ2v) is 11.8. The number of halogens is 6. The van der Waals surface area contributed by atoms with Gasteiger partial charge in [0.1, 0.15) is 0 Å². The van der Waals surface area contributed by atoms with Crippen LogP contribution in [0.3, 0.4) is 0 Å². The van der Waals surface area contributed by atoms with Gasteiger partial charge in [0.2, 0.25) is 5.91 Å². The molecule has 14 heteroatoms. The number of nitrogens with zero attached hydrogens (tertiary/aromatic N) is 2. The van der Waals surface area contributed by atoms with Gasteiger partial charge in [-0.15, -0.1) is 0 Å². The normalized spacial score (nSPS) is 17.8. The molecule has 0 unspecified atom stereocenters. The molecule has 2 saturated heterocycles. The second kappa shape index (κ2) is 13.1. The Kier molecular flexibility index (Phi) is 10.0. The smallest absolute Gasteiger partial charge is 0.367 e. The molecule has 0 bridgehead atoms. The molecule has 2 aromatic carbocycles. The Bertz CT molecular complexity index is 1270. The second-order valence-electron chi connectivity index (χ2n) is 10.2. The van der Waals surface area contributed by atoms with E-state index in [1.165, 1.54) is 18.2 Å². The molecule has 0 aliphatic carbocycles. The van der Waals surface area contributed by atoms with Gasteiger partial charge in [0.15, 0.2) is 11.6 Å². The van der Waals surface area contributed by atoms with Crippen molar-refractivity contribution < 1.29 is 31.5 Å². The van der Waals surface area contributed by atoms with Gasteiger partial charge in [0.25, 0.3) is 5.91 Å². The molecule has 2 amide bonds. The van der Waals surface area contributed by atoms with Gasteiger partial charge in [-0.25, -0.2) is 8.78 Å². The van der Waals surface area contributed by atoms with Crippen LogP contribution in [0.15, 0.2) is 30.3 Å². The first-order valence-corrected chi connectivity index (χ1v) is 14.7. The van der Waals surface area contributed by atoms with Gasteiger partial charge in [0, 0.05) is 49.9 Å². The highest BCUT2D eigenvalue weighted by molar-refractivity contribution is 7.99. The van der Waals surface area contributed by atoms with Gasteiger partial charge in [-0.05, 0) is 48.6 Å². The van der Waals surface area contributed by atoms with Crippen molar-refractivity contribution in [1.29, 1.82) is 0 Å². The first kappa shape index (κ1) is 31.3. The van der Waals surface area contributed by atoms with E-state index in [1.54, 1.807) is 22.7 Å². The van der Waals surface area contributed by atoms with Crippen LogP contribution in [0.25, 0.3) is 0 Å². The van der Waals surface area contributed by atoms with Crippen molar-refractivity contribution >= 4 is 46.6 Å². The standard InChI is InChI=1S/C27H31ClF5N5O2S/c28-18-2-4-20(21(15-18)38-11-9-37(10-12-38)8-5-27(31,32)33)36-24(39)19-3-1-17(22(29)23(19)30)16-35-25(40)26(34)6-13-41-14-7-26/h1-4,15H,5-14,16,34H2,(H,35,40)(H,36,39). The van der Waals surface area contributed by atoms with E-state index >= 15 is 0 Å². The Morgan fingerprint density at radius 3 is 2.37 bits per heavy atom. The third-order valence-corrected chi connectivity index (χ3v) is 8.54. The van der Waals surface area contributed by atoms with Gasteiger partial charge < -0.3 is 21.3 Å². The molecular weight excluding hydrogens is 589 g/mol. The molecule has 2 fully saturated rings. The molecular formula is C27H31ClF5N5O2S. The lowest BCUT2D eigenvalue weighted by Crippen LogP contribution is -2.55. The van der Waals surface area contributed by atoms with E-state index in [-0.39, 0.29) is 24.3 Å². The van der Waals surface area contributed by atoms with Crippen molar-refractivity contribution in [1.82, 2.24) is 10.2 Å². The minimum absolute atomic E-state index is 0.104. The van der Waals surface area contributed by atoms with Crippen molar-refractivity contribution in [3.8, 4) is 0 Å². The average molecular weight is 620 g/mol. The van der Waals surface area contributed by atoms with Crippen LogP contribution >= 0.6 is 23.4 Å². The summed E-state index contributed by atoms with van der Waals surface area (Å²) in [6, 6.07) is 7.02. The minimum Gasteiger partial charge on any atom is -0.367 e. The molecule has 4 N–H and O–H groups in total. The number of anilines is 2. The van der Waals surface area contributed by atoms with E-state index in [0.717, 1.165) is 17.6 Å². The van der Waals surface area contributed by atoms with E-state index in [2.05, 4.69) is 10.6 Å². The zero-order chi connectivity index (χ0) is 29.8. The number of thioether (sulfide) groups is 1. The molecule has 2 aliphatic heterocycles. The fraction of sp³-hybridized carbons (Fsp3) is 0.481. The zero-order valence-corrected chi connectivity index (χ0v) is 23.7. The van der Waals surface area contributed by atoms with E-state index in [9.17, 15) is 31.5 Å². The summed E-state index contributed by atoms with van der Waals surface area (Å²) >= 11 is 7.87. The average Bonchev–Trinajstić information content (AvgIpc) is 2.93. The van der Waals surface area contributed by atoms with E-state index in [1.807, 2.05) is 4.90 Å². The largest absolute Gasteiger partial charge is 0.390 e. The quantitative estimate of drug-likeness (QED) is 0.369. The third-order valence-electron chi connectivity index (χ3n) is 7.32. The lowest BCUT2D eigenvalue weighted by molar-refractivity contribution is -0.138. The molecule has 2 heterocycles. The molecule has 0 radical (unpaired) electrons. The molecule has 0 aromatic heterocycles. The topological polar surface area (TPSA) is 90.7 Å². The SMILES string of the molecule is NC1(C(=O)NCc2ccc(C(=O)Nc3ccc(Cl)cc3N3CCN(CCC(F)(F)F)CC3)c(F)c2F)CCSCC1. The predicted molar refractivity (Wildman–Crippen MR) is 150 cm³/mol. The highest BCUT2D eigenvalue weighted by Crippen LogP contribution is 2.32. The molecule has 7 nitrogen and oxygen atoms in total. The van der Waals surface area contributed by atoms with Crippen LogP contribution in [-0.2, 0) is 11.3 Å². The summed E-state index contributed by atoms with van der Waals surface area (Å²) in [5.41, 5.74) is 5.27. The van der Waals surface area contributed by atoms with Crippen LogP contribution in [0.2, 0.25) is 5.02 Å². The number of rotatable bonds is 8. The molecule has 4 rings (SSSR count). The Morgan fingerprint density at radius 1 is 1.02 bits per heavy atom. The van der Waals surface area contributed by atoms with Crippen LogP contribution in [0.4, 0.5) is 33.3 Å². The number of nitrogens with two attached hydrogens (primary N) is 1. The van der Waals surface area contributed by atoms with E-state index in [0.29, 0.717) is 49.7 Å². The van der Waals surface area contributed by atoms with Crippen LogP contribution in [0, 0.1) is 11.6 Å². The van der Waals surface area contributed by atoms with E-state index in [4.69, 9.17) is 17.3 Å². The first-order chi connectivity index (χ1) is 19.4. The third kappa shape index (κ3) is 8.02. The number of benzene rings is 2. The maximum Gasteiger partial charge on any atom is 0.390 e. The number of alkyl halides is 3. The van der Waals surface area contributed by atoms with Crippen molar-refractivity contribution in [2.45, 2.75) is 37.5 Å². The Balaban J connectivity index is 1.41. The maximum atomic E-state index is 15.0. The molecule has 224 valence electrons. The zero-order valence-electron chi connectivity index (χ0n) is 22.1. The minimum atomic E-state index is -4.23. The van der Waals surface area contributed by atoms with Crippen molar-refractivity contribution in [3.05, 3.63) is 58.1 Å². The molecule has 0 atom stereocenters. The number of hydrogen-bond acceptors (Lipinski definition) is 6. The Labute approximate surface area is 243 Å². The van der Waals surface area contributed by atoms with Gasteiger partial charge in [-0.3, -0.25) is 14.5 Å². The summed E-state index contributed by atoms with van der Waals surface area (Å²) in [4.78, 5) is 29.1. The van der Waals surface area contributed by atoms with Crippen LogP contribution in [0.5, 0.6) is 0 Å². The van der Waals surface area contributed by atoms with Gasteiger partial charge >= 0.3 is 6.18 Å².